The summed E-state index contributed by atoms with van der Waals surface area (Å²) in [4.78, 5) is 12.0. The number of carbonyl (C=O) groups excluding carboxylic acids is 1. The third-order valence-corrected chi connectivity index (χ3v) is 3.47. The van der Waals surface area contributed by atoms with Crippen molar-refractivity contribution >= 4 is 11.6 Å². The van der Waals surface area contributed by atoms with E-state index in [4.69, 9.17) is 5.73 Å². The molecule has 0 aliphatic rings. The van der Waals surface area contributed by atoms with Crippen molar-refractivity contribution in [1.29, 1.82) is 0 Å². The van der Waals surface area contributed by atoms with Crippen molar-refractivity contribution in [2.45, 2.75) is 33.9 Å². The van der Waals surface area contributed by atoms with Crippen molar-refractivity contribution in [3.63, 3.8) is 0 Å². The maximum atomic E-state index is 12.0. The molecule has 5 heteroatoms. The van der Waals surface area contributed by atoms with Gasteiger partial charge in [-0.3, -0.25) is 9.48 Å². The number of anilines is 1. The first-order valence-electron chi connectivity index (χ1n) is 6.59. The van der Waals surface area contributed by atoms with Crippen molar-refractivity contribution in [1.82, 2.24) is 15.1 Å². The van der Waals surface area contributed by atoms with Gasteiger partial charge in [0.05, 0.1) is 17.1 Å². The van der Waals surface area contributed by atoms with Gasteiger partial charge in [0.2, 0.25) is 5.91 Å². The highest BCUT2D eigenvalue weighted by molar-refractivity contribution is 5.76. The van der Waals surface area contributed by atoms with Crippen molar-refractivity contribution in [3.05, 3.63) is 46.8 Å². The van der Waals surface area contributed by atoms with E-state index in [1.165, 1.54) is 5.56 Å². The molecule has 1 aromatic carbocycles. The lowest BCUT2D eigenvalue weighted by Crippen LogP contribution is -2.28. The van der Waals surface area contributed by atoms with Crippen LogP contribution in [0.25, 0.3) is 0 Å². The lowest BCUT2D eigenvalue weighted by Gasteiger charge is -2.08. The van der Waals surface area contributed by atoms with Gasteiger partial charge in [-0.1, -0.05) is 24.3 Å². The molecule has 0 unspecified atom stereocenters. The van der Waals surface area contributed by atoms with E-state index in [1.54, 1.807) is 4.68 Å². The molecule has 0 aliphatic carbocycles. The highest BCUT2D eigenvalue weighted by Gasteiger charge is 2.11. The summed E-state index contributed by atoms with van der Waals surface area (Å²) < 4.78 is 1.64. The van der Waals surface area contributed by atoms with Gasteiger partial charge in [0.1, 0.15) is 6.54 Å². The monoisotopic (exact) mass is 272 g/mol. The molecule has 20 heavy (non-hydrogen) atoms. The van der Waals surface area contributed by atoms with Gasteiger partial charge < -0.3 is 11.1 Å². The molecule has 0 spiro atoms. The fourth-order valence-electron chi connectivity index (χ4n) is 2.06. The van der Waals surface area contributed by atoms with Crippen LogP contribution in [0.15, 0.2) is 24.3 Å². The summed E-state index contributed by atoms with van der Waals surface area (Å²) in [6, 6.07) is 8.00. The third-order valence-electron chi connectivity index (χ3n) is 3.47. The topological polar surface area (TPSA) is 72.9 Å². The number of aryl methyl sites for hydroxylation is 2. The molecule has 0 saturated heterocycles. The second-order valence-electron chi connectivity index (χ2n) is 4.95. The zero-order valence-electron chi connectivity index (χ0n) is 12.1. The van der Waals surface area contributed by atoms with Crippen LogP contribution in [0.4, 0.5) is 5.69 Å². The van der Waals surface area contributed by atoms with Crippen molar-refractivity contribution in [2.24, 2.45) is 0 Å². The van der Waals surface area contributed by atoms with E-state index in [-0.39, 0.29) is 12.5 Å². The smallest absolute Gasteiger partial charge is 0.242 e. The molecular weight excluding hydrogens is 252 g/mol. The number of nitrogens with zero attached hydrogens (tertiary/aromatic N) is 2. The average Bonchev–Trinajstić information content (AvgIpc) is 2.65. The number of aromatic nitrogens is 2. The first kappa shape index (κ1) is 14.1. The van der Waals surface area contributed by atoms with Crippen molar-refractivity contribution < 1.29 is 4.79 Å². The van der Waals surface area contributed by atoms with E-state index in [0.717, 1.165) is 17.0 Å². The first-order chi connectivity index (χ1) is 9.49. The Morgan fingerprint density at radius 1 is 1.30 bits per heavy atom. The van der Waals surface area contributed by atoms with Gasteiger partial charge >= 0.3 is 0 Å². The zero-order valence-corrected chi connectivity index (χ0v) is 12.1. The molecule has 1 aromatic heterocycles. The molecule has 2 aromatic rings. The number of hydrogen-bond donors (Lipinski definition) is 2. The summed E-state index contributed by atoms with van der Waals surface area (Å²) in [6.45, 7) is 6.45. The lowest BCUT2D eigenvalue weighted by molar-refractivity contribution is -0.122. The van der Waals surface area contributed by atoms with Crippen LogP contribution in [-0.2, 0) is 17.9 Å². The Morgan fingerprint density at radius 2 is 2.00 bits per heavy atom. The Morgan fingerprint density at radius 3 is 2.60 bits per heavy atom. The van der Waals surface area contributed by atoms with E-state index in [0.29, 0.717) is 12.2 Å². The van der Waals surface area contributed by atoms with Gasteiger partial charge in [0.15, 0.2) is 0 Å². The number of carbonyl (C=O) groups is 1. The number of benzene rings is 1. The highest BCUT2D eigenvalue weighted by atomic mass is 16.2. The summed E-state index contributed by atoms with van der Waals surface area (Å²) in [5.41, 5.74) is 10.4. The van der Waals surface area contributed by atoms with Crippen LogP contribution in [0.5, 0.6) is 0 Å². The molecule has 0 atom stereocenters. The summed E-state index contributed by atoms with van der Waals surface area (Å²) in [6.07, 6.45) is 0. The number of nitrogen functional groups attached to an aromatic ring is 1. The Labute approximate surface area is 118 Å². The average molecular weight is 272 g/mol. The Kier molecular flexibility index (Phi) is 4.08. The fourth-order valence-corrected chi connectivity index (χ4v) is 2.06. The van der Waals surface area contributed by atoms with Gasteiger partial charge in [-0.25, -0.2) is 0 Å². The van der Waals surface area contributed by atoms with Crippen LogP contribution in [-0.4, -0.2) is 15.7 Å². The van der Waals surface area contributed by atoms with E-state index >= 15 is 0 Å². The number of nitrogens with two attached hydrogens (primary N) is 1. The van der Waals surface area contributed by atoms with Crippen LogP contribution in [0.1, 0.15) is 22.5 Å². The lowest BCUT2D eigenvalue weighted by atomic mass is 10.1. The molecule has 5 nitrogen and oxygen atoms in total. The van der Waals surface area contributed by atoms with Gasteiger partial charge in [-0.2, -0.15) is 5.10 Å². The van der Waals surface area contributed by atoms with Crippen LogP contribution >= 0.6 is 0 Å². The Bertz CT molecular complexity index is 631. The molecule has 106 valence electrons. The van der Waals surface area contributed by atoms with Crippen LogP contribution in [0.3, 0.4) is 0 Å². The minimum absolute atomic E-state index is 0.0705. The molecular formula is C15H20N4O. The summed E-state index contributed by atoms with van der Waals surface area (Å²) >= 11 is 0. The number of hydrogen-bond acceptors (Lipinski definition) is 3. The van der Waals surface area contributed by atoms with Gasteiger partial charge in [-0.15, -0.1) is 0 Å². The highest BCUT2D eigenvalue weighted by Crippen LogP contribution is 2.14. The second-order valence-corrected chi connectivity index (χ2v) is 4.95. The van der Waals surface area contributed by atoms with E-state index in [1.807, 2.05) is 45.0 Å². The standard InChI is InChI=1S/C15H20N4O/c1-10-6-4-5-7-13(10)8-17-14(20)9-19-12(3)15(16)11(2)18-19/h4-7H,8-9,16H2,1-3H3,(H,17,20). The van der Waals surface area contributed by atoms with Crippen LogP contribution in [0, 0.1) is 20.8 Å². The molecule has 0 bridgehead atoms. The van der Waals surface area contributed by atoms with Crippen LogP contribution < -0.4 is 11.1 Å². The maximum absolute atomic E-state index is 12.0. The maximum Gasteiger partial charge on any atom is 0.242 e. The van der Waals surface area contributed by atoms with Crippen molar-refractivity contribution in [2.75, 3.05) is 5.73 Å². The quantitative estimate of drug-likeness (QED) is 0.890. The van der Waals surface area contributed by atoms with E-state index < -0.39 is 0 Å². The normalized spacial score (nSPS) is 10.6. The number of amides is 1. The second kappa shape index (κ2) is 5.77. The number of rotatable bonds is 4. The van der Waals surface area contributed by atoms with E-state index in [2.05, 4.69) is 10.4 Å². The molecule has 0 saturated carbocycles. The minimum atomic E-state index is -0.0705. The summed E-state index contributed by atoms with van der Waals surface area (Å²) in [5.74, 6) is -0.0705. The van der Waals surface area contributed by atoms with Gasteiger partial charge in [0.25, 0.3) is 0 Å². The third kappa shape index (κ3) is 2.99. The van der Waals surface area contributed by atoms with Crippen LogP contribution in [0.2, 0.25) is 0 Å². The van der Waals surface area contributed by atoms with Gasteiger partial charge in [0, 0.05) is 6.54 Å². The number of nitrogens with one attached hydrogen (secondary N) is 1. The summed E-state index contributed by atoms with van der Waals surface area (Å²) in [7, 11) is 0. The largest absolute Gasteiger partial charge is 0.396 e. The van der Waals surface area contributed by atoms with Gasteiger partial charge in [-0.05, 0) is 31.9 Å². The predicted molar refractivity (Wildman–Crippen MR) is 79.1 cm³/mol. The molecule has 0 fully saturated rings. The molecule has 3 N–H and O–H groups in total. The SMILES string of the molecule is Cc1ccccc1CNC(=O)Cn1nc(C)c(N)c1C. The summed E-state index contributed by atoms with van der Waals surface area (Å²) in [5, 5.41) is 7.16. The molecule has 0 aliphatic heterocycles. The molecule has 1 heterocycles. The molecule has 2 rings (SSSR count). The zero-order chi connectivity index (χ0) is 14.7. The first-order valence-corrected chi connectivity index (χ1v) is 6.59. The molecule has 1 amide bonds. The van der Waals surface area contributed by atoms with E-state index in [9.17, 15) is 4.79 Å². The Hall–Kier alpha value is -2.30. The molecule has 0 radical (unpaired) electrons. The minimum Gasteiger partial charge on any atom is -0.396 e. The fraction of sp³-hybridized carbons (Fsp3) is 0.333. The van der Waals surface area contributed by atoms with Crippen molar-refractivity contribution in [3.8, 4) is 0 Å². The predicted octanol–water partition coefficient (Wildman–Crippen LogP) is 1.71. The Balaban J connectivity index is 1.96.